The molecule has 3 atom stereocenters. The van der Waals surface area contributed by atoms with Crippen molar-refractivity contribution in [2.24, 2.45) is 11.8 Å². The maximum absolute atomic E-state index is 12.3. The number of fused-ring (bicyclic) bond motifs is 2. The van der Waals surface area contributed by atoms with Crippen LogP contribution < -0.4 is 0 Å². The Kier molecular flexibility index (Phi) is 4.69. The number of carboxylic acid groups (broad SMARTS) is 1. The number of carboxylic acids is 1. The van der Waals surface area contributed by atoms with Crippen LogP contribution in [0.4, 0.5) is 0 Å². The highest BCUT2D eigenvalue weighted by Gasteiger charge is 2.57. The summed E-state index contributed by atoms with van der Waals surface area (Å²) < 4.78 is 1.96. The van der Waals surface area contributed by atoms with Gasteiger partial charge in [0, 0.05) is 42.0 Å². The van der Waals surface area contributed by atoms with Gasteiger partial charge in [-0.2, -0.15) is 0 Å². The SMILES string of the molecule is C[C@H]1C(SCCc2cn3ccccc3n2)=C(C(=O)O)N2C(=O)[C@H](CCO)[C@H]12. The first-order valence-corrected chi connectivity index (χ1v) is 9.98. The minimum Gasteiger partial charge on any atom is -0.477 e. The van der Waals surface area contributed by atoms with E-state index in [1.807, 2.05) is 41.9 Å². The summed E-state index contributed by atoms with van der Waals surface area (Å²) in [5.74, 6) is -0.864. The largest absolute Gasteiger partial charge is 0.477 e. The van der Waals surface area contributed by atoms with E-state index in [0.29, 0.717) is 18.6 Å². The summed E-state index contributed by atoms with van der Waals surface area (Å²) in [5.41, 5.74) is 1.96. The third-order valence-electron chi connectivity index (χ3n) is 5.34. The van der Waals surface area contributed by atoms with Crippen LogP contribution in [0, 0.1) is 11.8 Å². The van der Waals surface area contributed by atoms with Gasteiger partial charge in [-0.25, -0.2) is 9.78 Å². The van der Waals surface area contributed by atoms with Crippen molar-refractivity contribution in [2.45, 2.75) is 25.8 Å². The van der Waals surface area contributed by atoms with E-state index in [9.17, 15) is 19.8 Å². The van der Waals surface area contributed by atoms with Gasteiger partial charge in [-0.3, -0.25) is 4.79 Å². The fraction of sp³-hybridized carbons (Fsp3) is 0.421. The molecule has 4 rings (SSSR count). The maximum atomic E-state index is 12.3. The lowest BCUT2D eigenvalue weighted by Gasteiger charge is -2.45. The zero-order chi connectivity index (χ0) is 19.1. The Morgan fingerprint density at radius 1 is 1.37 bits per heavy atom. The van der Waals surface area contributed by atoms with E-state index in [1.165, 1.54) is 16.7 Å². The monoisotopic (exact) mass is 387 g/mol. The van der Waals surface area contributed by atoms with Gasteiger partial charge in [-0.15, -0.1) is 11.8 Å². The Morgan fingerprint density at radius 3 is 2.89 bits per heavy atom. The molecule has 2 N–H and O–H groups in total. The first-order chi connectivity index (χ1) is 13.0. The second-order valence-corrected chi connectivity index (χ2v) is 8.06. The van der Waals surface area contributed by atoms with E-state index in [1.54, 1.807) is 0 Å². The predicted molar refractivity (Wildman–Crippen MR) is 101 cm³/mol. The quantitative estimate of drug-likeness (QED) is 0.703. The van der Waals surface area contributed by atoms with E-state index in [4.69, 9.17) is 0 Å². The van der Waals surface area contributed by atoms with Crippen molar-refractivity contribution in [1.82, 2.24) is 14.3 Å². The number of rotatable bonds is 7. The average Bonchev–Trinajstić information content (AvgIpc) is 3.17. The van der Waals surface area contributed by atoms with Crippen molar-refractivity contribution in [3.8, 4) is 0 Å². The van der Waals surface area contributed by atoms with Gasteiger partial charge < -0.3 is 19.5 Å². The number of carbonyl (C=O) groups excluding carboxylic acids is 1. The molecule has 7 nitrogen and oxygen atoms in total. The predicted octanol–water partition coefficient (Wildman–Crippen LogP) is 1.77. The molecule has 142 valence electrons. The van der Waals surface area contributed by atoms with Gasteiger partial charge in [-0.1, -0.05) is 13.0 Å². The van der Waals surface area contributed by atoms with Gasteiger partial charge in [0.05, 0.1) is 17.7 Å². The second-order valence-electron chi connectivity index (χ2n) is 6.92. The van der Waals surface area contributed by atoms with Gasteiger partial charge in [-0.05, 0) is 18.6 Å². The van der Waals surface area contributed by atoms with Gasteiger partial charge in [0.25, 0.3) is 0 Å². The second kappa shape index (κ2) is 7.01. The normalized spacial score (nSPS) is 24.4. The topological polar surface area (TPSA) is 95.1 Å². The molecule has 8 heteroatoms. The Hall–Kier alpha value is -2.32. The molecule has 0 spiro atoms. The Morgan fingerprint density at radius 2 is 2.19 bits per heavy atom. The molecule has 1 saturated heterocycles. The highest BCUT2D eigenvalue weighted by atomic mass is 32.2. The zero-order valence-electron chi connectivity index (χ0n) is 14.9. The van der Waals surface area contributed by atoms with Crippen LogP contribution in [0.5, 0.6) is 0 Å². The first-order valence-electron chi connectivity index (χ1n) is 8.99. The van der Waals surface area contributed by atoms with Crippen LogP contribution >= 0.6 is 11.8 Å². The third kappa shape index (κ3) is 2.93. The number of amides is 1. The number of imidazole rings is 1. The van der Waals surface area contributed by atoms with Crippen LogP contribution in [0.25, 0.3) is 5.65 Å². The lowest BCUT2D eigenvalue weighted by molar-refractivity contribution is -0.157. The Labute approximate surface area is 160 Å². The summed E-state index contributed by atoms with van der Waals surface area (Å²) in [6.45, 7) is 1.91. The third-order valence-corrected chi connectivity index (χ3v) is 6.62. The van der Waals surface area contributed by atoms with Crippen LogP contribution in [0.15, 0.2) is 41.2 Å². The number of β-lactam (4-membered cyclic amide) rings is 1. The fourth-order valence-corrected chi connectivity index (χ4v) is 5.36. The van der Waals surface area contributed by atoms with Crippen molar-refractivity contribution in [2.75, 3.05) is 12.4 Å². The van der Waals surface area contributed by atoms with Crippen LogP contribution in [-0.4, -0.2) is 54.8 Å². The molecule has 0 aliphatic carbocycles. The number of aliphatic carboxylic acids is 1. The summed E-state index contributed by atoms with van der Waals surface area (Å²) in [5, 5.41) is 18.8. The Balaban J connectivity index is 1.48. The summed E-state index contributed by atoms with van der Waals surface area (Å²) in [7, 11) is 0. The van der Waals surface area contributed by atoms with Gasteiger partial charge in [0.1, 0.15) is 11.3 Å². The zero-order valence-corrected chi connectivity index (χ0v) is 15.7. The number of aryl methyl sites for hydroxylation is 1. The highest BCUT2D eigenvalue weighted by Crippen LogP contribution is 2.50. The van der Waals surface area contributed by atoms with Crippen molar-refractivity contribution < 1.29 is 19.8 Å². The number of hydrogen-bond acceptors (Lipinski definition) is 5. The standard InChI is InChI=1S/C19H21N3O4S/c1-11-15-13(5-8-23)18(24)22(15)16(19(25)26)17(11)27-9-6-12-10-21-7-3-2-4-14(21)20-12/h2-4,7,10-11,13,15,23H,5-6,8-9H2,1H3,(H,25,26)/t11-,13-,15+/m1/s1. The van der Waals surface area contributed by atoms with Crippen LogP contribution in [0.2, 0.25) is 0 Å². The molecule has 2 aromatic heterocycles. The molecular weight excluding hydrogens is 366 g/mol. The lowest BCUT2D eigenvalue weighted by atomic mass is 9.80. The number of thioether (sulfide) groups is 1. The van der Waals surface area contributed by atoms with Crippen LogP contribution in [0.3, 0.4) is 0 Å². The molecule has 0 saturated carbocycles. The van der Waals surface area contributed by atoms with Gasteiger partial charge in [0.2, 0.25) is 5.91 Å². The minimum atomic E-state index is -1.06. The van der Waals surface area contributed by atoms with Crippen molar-refractivity contribution in [1.29, 1.82) is 0 Å². The lowest BCUT2D eigenvalue weighted by Crippen LogP contribution is -2.60. The molecule has 4 heterocycles. The number of pyridine rings is 1. The summed E-state index contributed by atoms with van der Waals surface area (Å²) in [4.78, 5) is 30.8. The summed E-state index contributed by atoms with van der Waals surface area (Å²) in [6.07, 6.45) is 5.03. The molecule has 0 unspecified atom stereocenters. The molecule has 0 aromatic carbocycles. The van der Waals surface area contributed by atoms with E-state index >= 15 is 0 Å². The number of carbonyl (C=O) groups is 2. The van der Waals surface area contributed by atoms with Crippen molar-refractivity contribution in [3.05, 3.63) is 46.9 Å². The van der Waals surface area contributed by atoms with E-state index in [0.717, 1.165) is 16.2 Å². The molecule has 2 aromatic rings. The average molecular weight is 387 g/mol. The smallest absolute Gasteiger partial charge is 0.353 e. The van der Waals surface area contributed by atoms with E-state index < -0.39 is 5.97 Å². The molecule has 2 aliphatic heterocycles. The number of nitrogens with zero attached hydrogens (tertiary/aromatic N) is 3. The molecule has 0 bridgehead atoms. The number of aromatic nitrogens is 2. The Bertz CT molecular complexity index is 905. The number of aliphatic hydroxyl groups is 1. The number of hydrogen-bond donors (Lipinski definition) is 2. The first kappa shape index (κ1) is 18.1. The molecular formula is C19H21N3O4S. The molecule has 0 radical (unpaired) electrons. The van der Waals surface area contributed by atoms with Crippen molar-refractivity contribution >= 4 is 29.3 Å². The van der Waals surface area contributed by atoms with E-state index in [-0.39, 0.29) is 36.1 Å². The van der Waals surface area contributed by atoms with E-state index in [2.05, 4.69) is 4.98 Å². The molecule has 2 aliphatic rings. The maximum Gasteiger partial charge on any atom is 0.353 e. The molecule has 1 fully saturated rings. The number of aliphatic hydroxyl groups excluding tert-OH is 1. The van der Waals surface area contributed by atoms with Crippen LogP contribution in [0.1, 0.15) is 19.0 Å². The summed E-state index contributed by atoms with van der Waals surface area (Å²) >= 11 is 1.50. The fourth-order valence-electron chi connectivity index (χ4n) is 4.11. The van der Waals surface area contributed by atoms with Gasteiger partial charge >= 0.3 is 5.97 Å². The van der Waals surface area contributed by atoms with Crippen LogP contribution in [-0.2, 0) is 16.0 Å². The molecule has 1 amide bonds. The highest BCUT2D eigenvalue weighted by molar-refractivity contribution is 8.03. The summed E-state index contributed by atoms with van der Waals surface area (Å²) in [6, 6.07) is 5.68. The minimum absolute atomic E-state index is 0.0311. The van der Waals surface area contributed by atoms with Gasteiger partial charge in [0.15, 0.2) is 0 Å². The molecule has 27 heavy (non-hydrogen) atoms. The van der Waals surface area contributed by atoms with Crippen molar-refractivity contribution in [3.63, 3.8) is 0 Å².